The molecule has 166 valence electrons. The molecular weight excluding hydrogens is 394 g/mol. The summed E-state index contributed by atoms with van der Waals surface area (Å²) in [5.41, 5.74) is 11.1. The number of carbonyl (C=O) groups is 3. The van der Waals surface area contributed by atoms with Gasteiger partial charge in [0.05, 0.1) is 11.0 Å². The minimum atomic E-state index is -1.01. The van der Waals surface area contributed by atoms with Crippen LogP contribution < -0.4 is 22.1 Å². The summed E-state index contributed by atoms with van der Waals surface area (Å²) < 4.78 is 5.10. The Labute approximate surface area is 174 Å². The first-order chi connectivity index (χ1) is 13.9. The van der Waals surface area contributed by atoms with Crippen LogP contribution in [-0.2, 0) is 20.7 Å². The number of benzene rings is 1. The van der Waals surface area contributed by atoms with E-state index < -0.39 is 40.5 Å². The molecule has 11 nitrogen and oxygen atoms in total. The lowest BCUT2D eigenvalue weighted by Gasteiger charge is -2.20. The number of nitrogens with two attached hydrogens (primary N) is 2. The number of rotatable bonds is 10. The molecule has 0 fully saturated rings. The van der Waals surface area contributed by atoms with Gasteiger partial charge in [0, 0.05) is 25.1 Å². The predicted molar refractivity (Wildman–Crippen MR) is 109 cm³/mol. The molecule has 6 N–H and O–H groups in total. The van der Waals surface area contributed by atoms with Crippen molar-refractivity contribution in [1.82, 2.24) is 10.6 Å². The predicted octanol–water partition coefficient (Wildman–Crippen LogP) is 0.740. The standard InChI is InChI=1S/C19H29N5O6/c1-19(2,3)30-18(27)22-10-4-5-14(20)17(26)23-15(16(21)25)11-12-6-8-13(9-7-12)24(28)29/h6-9,14-15H,4-5,10-11,20H2,1-3H3,(H2,21,25)(H,22,27)(H,23,26)/t14-,15-/m0/s1. The first-order valence-electron chi connectivity index (χ1n) is 9.44. The summed E-state index contributed by atoms with van der Waals surface area (Å²) in [6.07, 6.45) is 0.214. The number of nitro benzene ring substituents is 1. The second-order valence-corrected chi connectivity index (χ2v) is 7.77. The first-order valence-corrected chi connectivity index (χ1v) is 9.44. The van der Waals surface area contributed by atoms with E-state index in [-0.39, 0.29) is 25.1 Å². The van der Waals surface area contributed by atoms with E-state index in [4.69, 9.17) is 16.2 Å². The van der Waals surface area contributed by atoms with E-state index in [0.717, 1.165) is 0 Å². The van der Waals surface area contributed by atoms with Gasteiger partial charge < -0.3 is 26.8 Å². The van der Waals surface area contributed by atoms with Crippen LogP contribution in [0.3, 0.4) is 0 Å². The third-order valence-electron chi connectivity index (χ3n) is 3.94. The normalized spacial score (nSPS) is 13.1. The third kappa shape index (κ3) is 9.32. The number of hydrogen-bond acceptors (Lipinski definition) is 7. The van der Waals surface area contributed by atoms with Gasteiger partial charge in [-0.2, -0.15) is 0 Å². The molecule has 30 heavy (non-hydrogen) atoms. The van der Waals surface area contributed by atoms with Crippen LogP contribution in [0.5, 0.6) is 0 Å². The van der Waals surface area contributed by atoms with Crippen molar-refractivity contribution < 1.29 is 24.0 Å². The Morgan fingerprint density at radius 2 is 1.80 bits per heavy atom. The summed E-state index contributed by atoms with van der Waals surface area (Å²) in [5.74, 6) is -1.31. The van der Waals surface area contributed by atoms with Crippen LogP contribution in [0.2, 0.25) is 0 Å². The van der Waals surface area contributed by atoms with Crippen LogP contribution in [0.4, 0.5) is 10.5 Å². The number of ether oxygens (including phenoxy) is 1. The van der Waals surface area contributed by atoms with Crippen molar-refractivity contribution in [3.8, 4) is 0 Å². The van der Waals surface area contributed by atoms with Crippen LogP contribution in [0.1, 0.15) is 39.2 Å². The van der Waals surface area contributed by atoms with E-state index in [0.29, 0.717) is 12.0 Å². The molecule has 2 atom stereocenters. The fourth-order valence-corrected chi connectivity index (χ4v) is 2.45. The zero-order chi connectivity index (χ0) is 22.9. The highest BCUT2D eigenvalue weighted by Crippen LogP contribution is 2.13. The summed E-state index contributed by atoms with van der Waals surface area (Å²) >= 11 is 0. The summed E-state index contributed by atoms with van der Waals surface area (Å²) in [5, 5.41) is 15.8. The van der Waals surface area contributed by atoms with Crippen LogP contribution in [0.25, 0.3) is 0 Å². The minimum absolute atomic E-state index is 0.0754. The number of non-ortho nitro benzene ring substituents is 1. The Bertz CT molecular complexity index is 760. The molecule has 0 bridgehead atoms. The van der Waals surface area contributed by atoms with Gasteiger partial charge in [-0.15, -0.1) is 0 Å². The molecule has 0 saturated heterocycles. The van der Waals surface area contributed by atoms with Gasteiger partial charge in [0.2, 0.25) is 11.8 Å². The van der Waals surface area contributed by atoms with Crippen LogP contribution in [-0.4, -0.2) is 47.1 Å². The van der Waals surface area contributed by atoms with Crippen molar-refractivity contribution in [3.63, 3.8) is 0 Å². The summed E-state index contributed by atoms with van der Waals surface area (Å²) in [6, 6.07) is 3.68. The third-order valence-corrected chi connectivity index (χ3v) is 3.94. The second kappa shape index (κ2) is 11.1. The van der Waals surface area contributed by atoms with Crippen molar-refractivity contribution in [2.45, 2.75) is 57.7 Å². The fraction of sp³-hybridized carbons (Fsp3) is 0.526. The molecule has 0 saturated carbocycles. The Balaban J connectivity index is 2.49. The van der Waals surface area contributed by atoms with Gasteiger partial charge >= 0.3 is 6.09 Å². The first kappa shape index (κ1) is 24.8. The number of amides is 3. The molecule has 0 radical (unpaired) electrons. The minimum Gasteiger partial charge on any atom is -0.444 e. The van der Waals surface area contributed by atoms with E-state index in [1.54, 1.807) is 20.8 Å². The van der Waals surface area contributed by atoms with Gasteiger partial charge in [-0.3, -0.25) is 19.7 Å². The average molecular weight is 423 g/mol. The lowest BCUT2D eigenvalue weighted by atomic mass is 10.0. The van der Waals surface area contributed by atoms with Crippen LogP contribution in [0, 0.1) is 10.1 Å². The SMILES string of the molecule is CC(C)(C)OC(=O)NCCC[C@H](N)C(=O)N[C@@H](Cc1ccc([N+](=O)[O-])cc1)C(N)=O. The number of hydrogen-bond donors (Lipinski definition) is 4. The monoisotopic (exact) mass is 423 g/mol. The van der Waals surface area contributed by atoms with E-state index in [9.17, 15) is 24.5 Å². The van der Waals surface area contributed by atoms with Gasteiger partial charge in [-0.25, -0.2) is 4.79 Å². The molecule has 11 heteroatoms. The molecule has 1 rings (SSSR count). The van der Waals surface area contributed by atoms with E-state index in [1.807, 2.05) is 0 Å². The molecule has 0 unspecified atom stereocenters. The lowest BCUT2D eigenvalue weighted by molar-refractivity contribution is -0.384. The smallest absolute Gasteiger partial charge is 0.407 e. The number of nitrogens with one attached hydrogen (secondary N) is 2. The average Bonchev–Trinajstić information content (AvgIpc) is 2.63. The molecule has 1 aromatic carbocycles. The van der Waals surface area contributed by atoms with Gasteiger partial charge in [0.1, 0.15) is 11.6 Å². The molecule has 0 aliphatic carbocycles. The zero-order valence-electron chi connectivity index (χ0n) is 17.3. The highest BCUT2D eigenvalue weighted by molar-refractivity contribution is 5.89. The number of carbonyl (C=O) groups excluding carboxylic acids is 3. The lowest BCUT2D eigenvalue weighted by Crippen LogP contribution is -2.51. The highest BCUT2D eigenvalue weighted by atomic mass is 16.6. The van der Waals surface area contributed by atoms with Crippen molar-refractivity contribution in [3.05, 3.63) is 39.9 Å². The largest absolute Gasteiger partial charge is 0.444 e. The maximum atomic E-state index is 12.3. The Hall–Kier alpha value is -3.21. The van der Waals surface area contributed by atoms with Crippen LogP contribution >= 0.6 is 0 Å². The quantitative estimate of drug-likeness (QED) is 0.243. The topological polar surface area (TPSA) is 180 Å². The molecule has 0 aliphatic rings. The van der Waals surface area contributed by atoms with Crippen LogP contribution in [0.15, 0.2) is 24.3 Å². The number of primary amides is 1. The summed E-state index contributed by atoms with van der Waals surface area (Å²) in [7, 11) is 0. The van der Waals surface area contributed by atoms with Crippen molar-refractivity contribution in [2.24, 2.45) is 11.5 Å². The van der Waals surface area contributed by atoms with Crippen molar-refractivity contribution >= 4 is 23.6 Å². The molecule has 0 aromatic heterocycles. The van der Waals surface area contributed by atoms with Crippen molar-refractivity contribution in [2.75, 3.05) is 6.54 Å². The van der Waals surface area contributed by atoms with Gasteiger partial charge in [0.25, 0.3) is 5.69 Å². The molecule has 0 heterocycles. The molecule has 1 aromatic rings. The van der Waals surface area contributed by atoms with E-state index >= 15 is 0 Å². The summed E-state index contributed by atoms with van der Waals surface area (Å²) in [6.45, 7) is 5.52. The molecule has 3 amide bonds. The van der Waals surface area contributed by atoms with Crippen molar-refractivity contribution in [1.29, 1.82) is 0 Å². The van der Waals surface area contributed by atoms with E-state index in [1.165, 1.54) is 24.3 Å². The Morgan fingerprint density at radius 3 is 2.30 bits per heavy atom. The maximum absolute atomic E-state index is 12.3. The Morgan fingerprint density at radius 1 is 1.20 bits per heavy atom. The fourth-order valence-electron chi connectivity index (χ4n) is 2.45. The summed E-state index contributed by atoms with van der Waals surface area (Å²) in [4.78, 5) is 45.7. The van der Waals surface area contributed by atoms with E-state index in [2.05, 4.69) is 10.6 Å². The van der Waals surface area contributed by atoms with Gasteiger partial charge in [0.15, 0.2) is 0 Å². The second-order valence-electron chi connectivity index (χ2n) is 7.77. The maximum Gasteiger partial charge on any atom is 0.407 e. The number of nitrogens with zero attached hydrogens (tertiary/aromatic N) is 1. The highest BCUT2D eigenvalue weighted by Gasteiger charge is 2.22. The molecular formula is C19H29N5O6. The Kier molecular flexibility index (Phi) is 9.18. The molecule has 0 spiro atoms. The zero-order valence-corrected chi connectivity index (χ0v) is 17.3. The molecule has 0 aliphatic heterocycles. The number of nitro groups is 1. The van der Waals surface area contributed by atoms with Gasteiger partial charge in [-0.05, 0) is 39.2 Å². The number of alkyl carbamates (subject to hydrolysis) is 1. The van der Waals surface area contributed by atoms with Gasteiger partial charge in [-0.1, -0.05) is 12.1 Å².